The van der Waals surface area contributed by atoms with Crippen LogP contribution < -0.4 is 19.5 Å². The molecule has 0 saturated carbocycles. The van der Waals surface area contributed by atoms with E-state index in [4.69, 9.17) is 14.2 Å². The van der Waals surface area contributed by atoms with Crippen LogP contribution >= 0.6 is 0 Å². The van der Waals surface area contributed by atoms with Crippen LogP contribution in [0.15, 0.2) is 71.6 Å². The van der Waals surface area contributed by atoms with Gasteiger partial charge in [0.05, 0.1) is 37.5 Å². The van der Waals surface area contributed by atoms with Crippen LogP contribution in [-0.2, 0) is 32.5 Å². The molecule has 10 heteroatoms. The van der Waals surface area contributed by atoms with Crippen LogP contribution in [0.25, 0.3) is 0 Å². The maximum absolute atomic E-state index is 12.6. The number of anilines is 1. The molecule has 0 atom stereocenters. The van der Waals surface area contributed by atoms with E-state index in [1.807, 2.05) is 30.3 Å². The SMILES string of the molecule is COC(=O)c1cc(OC)c(OC)cc1NC(=O)CCc1ccc(S(=O)(=O)NCc2ccccc2)cc1. The van der Waals surface area contributed by atoms with Gasteiger partial charge in [0.25, 0.3) is 0 Å². The van der Waals surface area contributed by atoms with E-state index in [9.17, 15) is 18.0 Å². The van der Waals surface area contributed by atoms with Crippen molar-refractivity contribution in [2.45, 2.75) is 24.3 Å². The van der Waals surface area contributed by atoms with Crippen LogP contribution in [0.2, 0.25) is 0 Å². The summed E-state index contributed by atoms with van der Waals surface area (Å²) in [5.41, 5.74) is 2.00. The Morgan fingerprint density at radius 1 is 0.833 bits per heavy atom. The number of rotatable bonds is 11. The summed E-state index contributed by atoms with van der Waals surface area (Å²) in [6.45, 7) is 0.189. The lowest BCUT2D eigenvalue weighted by atomic mass is 10.1. The zero-order valence-corrected chi connectivity index (χ0v) is 21.1. The van der Waals surface area contributed by atoms with Gasteiger partial charge in [-0.05, 0) is 29.7 Å². The van der Waals surface area contributed by atoms with Gasteiger partial charge in [-0.3, -0.25) is 4.79 Å². The smallest absolute Gasteiger partial charge is 0.340 e. The van der Waals surface area contributed by atoms with Crippen molar-refractivity contribution in [1.82, 2.24) is 4.72 Å². The van der Waals surface area contributed by atoms with Gasteiger partial charge in [-0.25, -0.2) is 17.9 Å². The summed E-state index contributed by atoms with van der Waals surface area (Å²) in [6.07, 6.45) is 0.470. The number of hydrogen-bond acceptors (Lipinski definition) is 7. The first kappa shape index (κ1) is 26.7. The van der Waals surface area contributed by atoms with Crippen LogP contribution in [0.4, 0.5) is 5.69 Å². The first-order valence-electron chi connectivity index (χ1n) is 11.0. The normalized spacial score (nSPS) is 11.0. The van der Waals surface area contributed by atoms with Gasteiger partial charge in [-0.15, -0.1) is 0 Å². The number of aryl methyl sites for hydroxylation is 1. The second-order valence-corrected chi connectivity index (χ2v) is 9.51. The molecule has 3 aromatic carbocycles. The summed E-state index contributed by atoms with van der Waals surface area (Å²) >= 11 is 0. The first-order valence-corrected chi connectivity index (χ1v) is 12.5. The molecule has 190 valence electrons. The molecule has 0 fully saturated rings. The third kappa shape index (κ3) is 6.83. The van der Waals surface area contributed by atoms with E-state index in [1.54, 1.807) is 12.1 Å². The Labute approximate surface area is 210 Å². The van der Waals surface area contributed by atoms with Crippen molar-refractivity contribution in [2.75, 3.05) is 26.6 Å². The van der Waals surface area contributed by atoms with E-state index in [0.717, 1.165) is 11.1 Å². The van der Waals surface area contributed by atoms with Crippen molar-refractivity contribution in [2.24, 2.45) is 0 Å². The lowest BCUT2D eigenvalue weighted by Crippen LogP contribution is -2.23. The number of ether oxygens (including phenoxy) is 3. The molecule has 3 aromatic rings. The van der Waals surface area contributed by atoms with Crippen molar-refractivity contribution < 1.29 is 32.2 Å². The van der Waals surface area contributed by atoms with Gasteiger partial charge in [0.2, 0.25) is 15.9 Å². The van der Waals surface area contributed by atoms with Gasteiger partial charge in [-0.1, -0.05) is 42.5 Å². The number of benzene rings is 3. The van der Waals surface area contributed by atoms with Crippen LogP contribution in [0.5, 0.6) is 11.5 Å². The minimum atomic E-state index is -3.67. The minimum Gasteiger partial charge on any atom is -0.493 e. The zero-order chi connectivity index (χ0) is 26.1. The lowest BCUT2D eigenvalue weighted by Gasteiger charge is -2.14. The van der Waals surface area contributed by atoms with Gasteiger partial charge in [0.1, 0.15) is 0 Å². The van der Waals surface area contributed by atoms with Crippen LogP contribution in [0.1, 0.15) is 27.9 Å². The number of methoxy groups -OCH3 is 3. The standard InChI is InChI=1S/C26H28N2O7S/c1-33-23-15-21(26(30)35-3)22(16-24(23)34-2)28-25(29)14-11-18-9-12-20(13-10-18)36(31,32)27-17-19-7-5-4-6-8-19/h4-10,12-13,15-16,27H,11,14,17H2,1-3H3,(H,28,29). The third-order valence-electron chi connectivity index (χ3n) is 5.39. The predicted molar refractivity (Wildman–Crippen MR) is 135 cm³/mol. The molecule has 0 heterocycles. The summed E-state index contributed by atoms with van der Waals surface area (Å²) in [4.78, 5) is 24.9. The van der Waals surface area contributed by atoms with Gasteiger partial charge in [-0.2, -0.15) is 0 Å². The van der Waals surface area contributed by atoms with Gasteiger partial charge in [0, 0.05) is 25.1 Å². The van der Waals surface area contributed by atoms with Gasteiger partial charge < -0.3 is 19.5 Å². The molecule has 3 rings (SSSR count). The number of esters is 1. The molecule has 0 aromatic heterocycles. The second kappa shape index (κ2) is 12.2. The third-order valence-corrected chi connectivity index (χ3v) is 6.80. The number of hydrogen-bond donors (Lipinski definition) is 2. The molecular formula is C26H28N2O7S. The van der Waals surface area contributed by atoms with E-state index in [1.165, 1.54) is 45.6 Å². The molecule has 0 radical (unpaired) electrons. The Morgan fingerprint density at radius 2 is 1.47 bits per heavy atom. The van der Waals surface area contributed by atoms with Crippen molar-refractivity contribution in [3.8, 4) is 11.5 Å². The Balaban J connectivity index is 1.63. The fourth-order valence-corrected chi connectivity index (χ4v) is 4.44. The molecule has 0 aliphatic heterocycles. The molecule has 0 bridgehead atoms. The van der Waals surface area contributed by atoms with Gasteiger partial charge >= 0.3 is 5.97 Å². The number of amides is 1. The zero-order valence-electron chi connectivity index (χ0n) is 20.2. The quantitative estimate of drug-likeness (QED) is 0.377. The molecule has 0 spiro atoms. The van der Waals surface area contributed by atoms with Gasteiger partial charge in [0.15, 0.2) is 11.5 Å². The maximum atomic E-state index is 12.6. The highest BCUT2D eigenvalue weighted by Crippen LogP contribution is 2.34. The summed E-state index contributed by atoms with van der Waals surface area (Å²) in [7, 11) is 0.456. The van der Waals surface area contributed by atoms with Crippen molar-refractivity contribution in [1.29, 1.82) is 0 Å². The molecule has 0 saturated heterocycles. The van der Waals surface area contributed by atoms with E-state index >= 15 is 0 Å². The lowest BCUT2D eigenvalue weighted by molar-refractivity contribution is -0.116. The molecule has 0 unspecified atom stereocenters. The highest BCUT2D eigenvalue weighted by Gasteiger charge is 2.19. The largest absolute Gasteiger partial charge is 0.493 e. The number of carbonyl (C=O) groups excluding carboxylic acids is 2. The monoisotopic (exact) mass is 512 g/mol. The summed E-state index contributed by atoms with van der Waals surface area (Å²) in [5.74, 6) is -0.306. The van der Waals surface area contributed by atoms with E-state index < -0.39 is 16.0 Å². The van der Waals surface area contributed by atoms with Crippen LogP contribution in [0.3, 0.4) is 0 Å². The highest BCUT2D eigenvalue weighted by molar-refractivity contribution is 7.89. The Bertz CT molecular complexity index is 1310. The van der Waals surface area contributed by atoms with E-state index in [-0.39, 0.29) is 35.0 Å². The Kier molecular flexibility index (Phi) is 9.04. The molecule has 36 heavy (non-hydrogen) atoms. The number of sulfonamides is 1. The topological polar surface area (TPSA) is 120 Å². The fourth-order valence-electron chi connectivity index (χ4n) is 3.42. The number of nitrogens with one attached hydrogen (secondary N) is 2. The highest BCUT2D eigenvalue weighted by atomic mass is 32.2. The molecule has 2 N–H and O–H groups in total. The Morgan fingerprint density at radius 3 is 2.08 bits per heavy atom. The summed E-state index contributed by atoms with van der Waals surface area (Å²) < 4.78 is 43.0. The molecule has 0 aliphatic rings. The predicted octanol–water partition coefficient (Wildman–Crippen LogP) is 3.54. The summed E-state index contributed by atoms with van der Waals surface area (Å²) in [6, 6.07) is 18.5. The van der Waals surface area contributed by atoms with E-state index in [2.05, 4.69) is 10.0 Å². The molecule has 0 aliphatic carbocycles. The molecule has 9 nitrogen and oxygen atoms in total. The Hall–Kier alpha value is -3.89. The average Bonchev–Trinajstić information content (AvgIpc) is 2.91. The minimum absolute atomic E-state index is 0.104. The molecule has 1 amide bonds. The van der Waals surface area contributed by atoms with E-state index in [0.29, 0.717) is 17.9 Å². The number of carbonyl (C=O) groups is 2. The fraction of sp³-hybridized carbons (Fsp3) is 0.231. The molecular weight excluding hydrogens is 484 g/mol. The maximum Gasteiger partial charge on any atom is 0.340 e. The van der Waals surface area contributed by atoms with Crippen molar-refractivity contribution in [3.63, 3.8) is 0 Å². The average molecular weight is 513 g/mol. The van der Waals surface area contributed by atoms with Crippen molar-refractivity contribution >= 4 is 27.6 Å². The van der Waals surface area contributed by atoms with Crippen LogP contribution in [0, 0.1) is 0 Å². The summed E-state index contributed by atoms with van der Waals surface area (Å²) in [5, 5.41) is 2.71. The van der Waals surface area contributed by atoms with Crippen LogP contribution in [-0.4, -0.2) is 41.6 Å². The second-order valence-electron chi connectivity index (χ2n) is 7.75. The van der Waals surface area contributed by atoms with Crippen molar-refractivity contribution in [3.05, 3.63) is 83.4 Å². The first-order chi connectivity index (χ1) is 17.3.